The molecule has 0 unspecified atom stereocenters. The van der Waals surface area contributed by atoms with Crippen molar-refractivity contribution in [2.45, 2.75) is 72.3 Å². The third-order valence-electron chi connectivity index (χ3n) is 6.38. The molecule has 0 fully saturated rings. The number of unbranched alkanes of at least 4 members (excludes halogenated alkanes) is 3. The Morgan fingerprint density at radius 2 is 1.22 bits per heavy atom. The highest BCUT2D eigenvalue weighted by molar-refractivity contribution is 5.91. The lowest BCUT2D eigenvalue weighted by Crippen LogP contribution is -2.16. The van der Waals surface area contributed by atoms with Crippen LogP contribution in [0.2, 0.25) is 0 Å². The normalized spacial score (nSPS) is 12.4. The van der Waals surface area contributed by atoms with Crippen LogP contribution in [0.4, 0.5) is 0 Å². The predicted molar refractivity (Wildman–Crippen MR) is 147 cm³/mol. The third kappa shape index (κ3) is 8.78. The molecule has 3 rings (SSSR count). The van der Waals surface area contributed by atoms with Gasteiger partial charge in [-0.3, -0.25) is 4.79 Å². The minimum Gasteiger partial charge on any atom is -0.491 e. The fourth-order valence-corrected chi connectivity index (χ4v) is 3.80. The molecule has 0 bridgehead atoms. The molecule has 2 atom stereocenters. The summed E-state index contributed by atoms with van der Waals surface area (Å²) in [7, 11) is 0. The Kier molecular flexibility index (Phi) is 10.8. The van der Waals surface area contributed by atoms with E-state index in [4.69, 9.17) is 14.2 Å². The molecule has 0 saturated heterocycles. The van der Waals surface area contributed by atoms with E-state index in [1.54, 1.807) is 36.4 Å². The summed E-state index contributed by atoms with van der Waals surface area (Å²) >= 11 is 0. The van der Waals surface area contributed by atoms with Gasteiger partial charge in [0.05, 0.1) is 17.6 Å². The molecule has 0 N–H and O–H groups in total. The zero-order valence-corrected chi connectivity index (χ0v) is 22.4. The predicted octanol–water partition coefficient (Wildman–Crippen LogP) is 8.26. The van der Waals surface area contributed by atoms with Crippen LogP contribution in [-0.4, -0.2) is 18.0 Å². The first-order valence-corrected chi connectivity index (χ1v) is 13.3. The highest BCUT2D eigenvalue weighted by Gasteiger charge is 2.13. The van der Waals surface area contributed by atoms with Gasteiger partial charge in [-0.25, -0.2) is 4.79 Å². The van der Waals surface area contributed by atoms with E-state index in [9.17, 15) is 9.59 Å². The maximum absolute atomic E-state index is 12.6. The molecule has 0 aromatic heterocycles. The van der Waals surface area contributed by atoms with E-state index < -0.39 is 5.97 Å². The molecule has 5 heteroatoms. The molecule has 0 heterocycles. The Hall–Kier alpha value is -3.60. The standard InChI is InChI=1S/C32H38O5/c1-5-7-8-9-10-24(4)35-28-19-21-30(22-20-28)37-32(34)27-13-11-25(12-14-27)26-15-17-29(18-16-26)36-31(33)23(3)6-2/h11-24H,5-10H2,1-4H3/t23-,24-/m0/s1. The first-order chi connectivity index (χ1) is 17.9. The van der Waals surface area contributed by atoms with Gasteiger partial charge in [-0.15, -0.1) is 0 Å². The van der Waals surface area contributed by atoms with E-state index in [1.165, 1.54) is 25.7 Å². The van der Waals surface area contributed by atoms with Crippen LogP contribution in [0.25, 0.3) is 11.1 Å². The number of rotatable bonds is 13. The average molecular weight is 503 g/mol. The largest absolute Gasteiger partial charge is 0.491 e. The zero-order valence-electron chi connectivity index (χ0n) is 22.4. The second-order valence-corrected chi connectivity index (χ2v) is 9.47. The van der Waals surface area contributed by atoms with Crippen LogP contribution >= 0.6 is 0 Å². The fourth-order valence-electron chi connectivity index (χ4n) is 3.80. The molecular formula is C32H38O5. The molecule has 0 amide bonds. The van der Waals surface area contributed by atoms with Gasteiger partial charge in [-0.2, -0.15) is 0 Å². The fraction of sp³-hybridized carbons (Fsp3) is 0.375. The van der Waals surface area contributed by atoms with Gasteiger partial charge in [0, 0.05) is 0 Å². The monoisotopic (exact) mass is 502 g/mol. The summed E-state index contributed by atoms with van der Waals surface area (Å²) in [6.07, 6.45) is 6.82. The summed E-state index contributed by atoms with van der Waals surface area (Å²) in [6, 6.07) is 21.7. The van der Waals surface area contributed by atoms with Gasteiger partial charge >= 0.3 is 11.9 Å². The Morgan fingerprint density at radius 1 is 0.676 bits per heavy atom. The van der Waals surface area contributed by atoms with Gasteiger partial charge in [0.15, 0.2) is 0 Å². The van der Waals surface area contributed by atoms with Crippen molar-refractivity contribution >= 4 is 11.9 Å². The topological polar surface area (TPSA) is 61.8 Å². The quantitative estimate of drug-likeness (QED) is 0.134. The minimum absolute atomic E-state index is 0.132. The maximum Gasteiger partial charge on any atom is 0.343 e. The van der Waals surface area contributed by atoms with Crippen molar-refractivity contribution < 1.29 is 23.8 Å². The number of esters is 2. The van der Waals surface area contributed by atoms with Crippen molar-refractivity contribution in [2.75, 3.05) is 0 Å². The summed E-state index contributed by atoms with van der Waals surface area (Å²) in [4.78, 5) is 24.6. The summed E-state index contributed by atoms with van der Waals surface area (Å²) < 4.78 is 16.9. The van der Waals surface area contributed by atoms with Gasteiger partial charge in [0.1, 0.15) is 17.2 Å². The van der Waals surface area contributed by atoms with Crippen LogP contribution in [0.5, 0.6) is 17.2 Å². The van der Waals surface area contributed by atoms with Gasteiger partial charge in [0.25, 0.3) is 0 Å². The van der Waals surface area contributed by atoms with Crippen LogP contribution in [0.3, 0.4) is 0 Å². The molecule has 0 aliphatic heterocycles. The molecule has 37 heavy (non-hydrogen) atoms. The number of hydrogen-bond donors (Lipinski definition) is 0. The van der Waals surface area contributed by atoms with E-state index >= 15 is 0 Å². The first kappa shape index (κ1) is 28.0. The molecule has 196 valence electrons. The zero-order chi connectivity index (χ0) is 26.6. The number of hydrogen-bond acceptors (Lipinski definition) is 5. The van der Waals surface area contributed by atoms with Crippen molar-refractivity contribution in [2.24, 2.45) is 5.92 Å². The molecule has 3 aromatic carbocycles. The summed E-state index contributed by atoms with van der Waals surface area (Å²) in [5, 5.41) is 0. The van der Waals surface area contributed by atoms with E-state index in [2.05, 4.69) is 13.8 Å². The summed E-state index contributed by atoms with van der Waals surface area (Å²) in [5.41, 5.74) is 2.36. The first-order valence-electron chi connectivity index (χ1n) is 13.3. The Balaban J connectivity index is 1.52. The van der Waals surface area contributed by atoms with Gasteiger partial charge < -0.3 is 14.2 Å². The van der Waals surface area contributed by atoms with E-state index in [-0.39, 0.29) is 18.0 Å². The molecule has 0 spiro atoms. The van der Waals surface area contributed by atoms with E-state index in [1.807, 2.05) is 50.2 Å². The average Bonchev–Trinajstić information content (AvgIpc) is 2.92. The Labute approximate surface area is 220 Å². The molecule has 3 aromatic rings. The van der Waals surface area contributed by atoms with Gasteiger partial charge in [0.2, 0.25) is 0 Å². The lowest BCUT2D eigenvalue weighted by molar-refractivity contribution is -0.138. The van der Waals surface area contributed by atoms with Crippen LogP contribution in [0.15, 0.2) is 72.8 Å². The van der Waals surface area contributed by atoms with Crippen LogP contribution in [-0.2, 0) is 4.79 Å². The maximum atomic E-state index is 12.6. The minimum atomic E-state index is -0.420. The smallest absolute Gasteiger partial charge is 0.343 e. The summed E-state index contributed by atoms with van der Waals surface area (Å²) in [6.45, 7) is 8.10. The second kappa shape index (κ2) is 14.2. The van der Waals surface area contributed by atoms with Crippen molar-refractivity contribution in [1.29, 1.82) is 0 Å². The number of carbonyl (C=O) groups is 2. The summed E-state index contributed by atoms with van der Waals surface area (Å²) in [5.74, 6) is 0.982. The molecule has 0 radical (unpaired) electrons. The number of benzene rings is 3. The van der Waals surface area contributed by atoms with Crippen LogP contribution in [0, 0.1) is 5.92 Å². The lowest BCUT2D eigenvalue weighted by atomic mass is 10.0. The molecule has 0 saturated carbocycles. The number of ether oxygens (including phenoxy) is 3. The van der Waals surface area contributed by atoms with Crippen LogP contribution < -0.4 is 14.2 Å². The van der Waals surface area contributed by atoms with Crippen LogP contribution in [0.1, 0.15) is 76.6 Å². The van der Waals surface area contributed by atoms with Crippen molar-refractivity contribution in [3.05, 3.63) is 78.4 Å². The number of carbonyl (C=O) groups excluding carboxylic acids is 2. The van der Waals surface area contributed by atoms with Crippen molar-refractivity contribution in [3.8, 4) is 28.4 Å². The van der Waals surface area contributed by atoms with Gasteiger partial charge in [-0.05, 0) is 85.8 Å². The van der Waals surface area contributed by atoms with E-state index in [0.717, 1.165) is 29.7 Å². The second-order valence-electron chi connectivity index (χ2n) is 9.47. The molecule has 0 aliphatic carbocycles. The Bertz CT molecular complexity index is 1120. The Morgan fingerprint density at radius 3 is 1.81 bits per heavy atom. The lowest BCUT2D eigenvalue weighted by Gasteiger charge is -2.15. The highest BCUT2D eigenvalue weighted by atomic mass is 16.5. The molecular weight excluding hydrogens is 464 g/mol. The molecule has 5 nitrogen and oxygen atoms in total. The van der Waals surface area contributed by atoms with Crippen molar-refractivity contribution in [1.82, 2.24) is 0 Å². The van der Waals surface area contributed by atoms with E-state index in [0.29, 0.717) is 17.1 Å². The highest BCUT2D eigenvalue weighted by Crippen LogP contribution is 2.25. The SMILES string of the molecule is CCCCCC[C@H](C)Oc1ccc(OC(=O)c2ccc(-c3ccc(OC(=O)[C@@H](C)CC)cc3)cc2)cc1. The molecule has 0 aliphatic rings. The van der Waals surface area contributed by atoms with Crippen molar-refractivity contribution in [3.63, 3.8) is 0 Å². The third-order valence-corrected chi connectivity index (χ3v) is 6.38. The van der Waals surface area contributed by atoms with Gasteiger partial charge in [-0.1, -0.05) is 64.3 Å².